The number of hydrogen-bond donors (Lipinski definition) is 3. The number of benzene rings is 1. The molecule has 0 aliphatic carbocycles. The fourth-order valence-corrected chi connectivity index (χ4v) is 1.83. The number of hydrogen-bond acceptors (Lipinski definition) is 3. The summed E-state index contributed by atoms with van der Waals surface area (Å²) >= 11 is 0. The molecule has 0 saturated heterocycles. The summed E-state index contributed by atoms with van der Waals surface area (Å²) in [5, 5.41) is 11.8. The van der Waals surface area contributed by atoms with Crippen LogP contribution in [0.5, 0.6) is 0 Å². The lowest BCUT2D eigenvalue weighted by Crippen LogP contribution is -2.35. The number of anilines is 1. The third-order valence-electron chi connectivity index (χ3n) is 3.10. The van der Waals surface area contributed by atoms with Gasteiger partial charge in [0.1, 0.15) is 0 Å². The first-order chi connectivity index (χ1) is 8.86. The van der Waals surface area contributed by atoms with Crippen molar-refractivity contribution in [2.45, 2.75) is 39.7 Å². The smallest absolute Gasteiger partial charge is 0.336 e. The lowest BCUT2D eigenvalue weighted by molar-refractivity contribution is -0.117. The van der Waals surface area contributed by atoms with Gasteiger partial charge in [-0.1, -0.05) is 13.3 Å². The predicted molar refractivity (Wildman–Crippen MR) is 74.4 cm³/mol. The Kier molecular flexibility index (Phi) is 5.06. The van der Waals surface area contributed by atoms with E-state index in [-0.39, 0.29) is 11.5 Å². The van der Waals surface area contributed by atoms with Crippen LogP contribution in [0.25, 0.3) is 0 Å². The Morgan fingerprint density at radius 1 is 1.37 bits per heavy atom. The minimum atomic E-state index is -1.01. The van der Waals surface area contributed by atoms with Gasteiger partial charge in [-0.25, -0.2) is 4.79 Å². The van der Waals surface area contributed by atoms with Crippen LogP contribution < -0.4 is 11.1 Å². The van der Waals surface area contributed by atoms with E-state index in [0.29, 0.717) is 17.7 Å². The Balaban J connectivity index is 2.97. The topological polar surface area (TPSA) is 92.4 Å². The monoisotopic (exact) mass is 264 g/mol. The van der Waals surface area contributed by atoms with Gasteiger partial charge in [-0.2, -0.15) is 0 Å². The molecule has 0 aromatic heterocycles. The molecule has 1 rings (SSSR count). The number of nitrogens with two attached hydrogens (primary N) is 1. The summed E-state index contributed by atoms with van der Waals surface area (Å²) in [6, 6.07) is 2.64. The van der Waals surface area contributed by atoms with E-state index in [2.05, 4.69) is 5.32 Å². The second-order valence-corrected chi connectivity index (χ2v) is 4.66. The fraction of sp³-hybridized carbons (Fsp3) is 0.429. The van der Waals surface area contributed by atoms with Crippen molar-refractivity contribution in [2.24, 2.45) is 5.73 Å². The first-order valence-corrected chi connectivity index (χ1v) is 6.27. The molecule has 0 spiro atoms. The highest BCUT2D eigenvalue weighted by molar-refractivity contribution is 5.97. The van der Waals surface area contributed by atoms with Crippen molar-refractivity contribution < 1.29 is 14.7 Å². The molecule has 5 heteroatoms. The molecule has 0 bridgehead atoms. The summed E-state index contributed by atoms with van der Waals surface area (Å²) in [7, 11) is 0. The molecule has 4 N–H and O–H groups in total. The third-order valence-corrected chi connectivity index (χ3v) is 3.10. The van der Waals surface area contributed by atoms with Crippen LogP contribution in [-0.4, -0.2) is 23.0 Å². The summed E-state index contributed by atoms with van der Waals surface area (Å²) in [6.45, 7) is 5.50. The highest BCUT2D eigenvalue weighted by Crippen LogP contribution is 2.20. The molecule has 0 radical (unpaired) electrons. The molecule has 1 atom stereocenters. The maximum absolute atomic E-state index is 11.8. The van der Waals surface area contributed by atoms with Crippen LogP contribution in [-0.2, 0) is 4.79 Å². The fourth-order valence-electron chi connectivity index (χ4n) is 1.83. The third kappa shape index (κ3) is 3.79. The zero-order chi connectivity index (χ0) is 14.6. The first kappa shape index (κ1) is 15.2. The van der Waals surface area contributed by atoms with Crippen molar-refractivity contribution in [2.75, 3.05) is 5.32 Å². The number of aryl methyl sites for hydroxylation is 1. The van der Waals surface area contributed by atoms with Crippen molar-refractivity contribution in [3.05, 3.63) is 28.8 Å². The van der Waals surface area contributed by atoms with E-state index in [1.54, 1.807) is 13.0 Å². The highest BCUT2D eigenvalue weighted by atomic mass is 16.4. The minimum absolute atomic E-state index is 0.194. The van der Waals surface area contributed by atoms with E-state index in [9.17, 15) is 9.59 Å². The molecule has 0 unspecified atom stereocenters. The van der Waals surface area contributed by atoms with Crippen molar-refractivity contribution in [3.8, 4) is 0 Å². The van der Waals surface area contributed by atoms with Gasteiger partial charge in [0.25, 0.3) is 0 Å². The molecule has 0 aliphatic heterocycles. The molecule has 19 heavy (non-hydrogen) atoms. The maximum Gasteiger partial charge on any atom is 0.336 e. The van der Waals surface area contributed by atoms with E-state index in [1.165, 1.54) is 6.07 Å². The van der Waals surface area contributed by atoms with E-state index in [1.807, 2.05) is 13.8 Å². The van der Waals surface area contributed by atoms with Crippen molar-refractivity contribution >= 4 is 17.6 Å². The van der Waals surface area contributed by atoms with Crippen molar-refractivity contribution in [3.63, 3.8) is 0 Å². The van der Waals surface area contributed by atoms with Crippen LogP contribution in [0, 0.1) is 13.8 Å². The number of nitrogens with one attached hydrogen (secondary N) is 1. The van der Waals surface area contributed by atoms with Gasteiger partial charge in [-0.15, -0.1) is 0 Å². The molecular weight excluding hydrogens is 244 g/mol. The Bertz CT molecular complexity index is 498. The zero-order valence-corrected chi connectivity index (χ0v) is 11.5. The average Bonchev–Trinajstić information content (AvgIpc) is 2.33. The van der Waals surface area contributed by atoms with Gasteiger partial charge in [0.05, 0.1) is 11.6 Å². The van der Waals surface area contributed by atoms with Crippen LogP contribution in [0.15, 0.2) is 12.1 Å². The van der Waals surface area contributed by atoms with E-state index in [0.717, 1.165) is 12.0 Å². The number of rotatable bonds is 5. The molecule has 1 aromatic rings. The van der Waals surface area contributed by atoms with E-state index >= 15 is 0 Å². The molecule has 0 fully saturated rings. The quantitative estimate of drug-likeness (QED) is 0.759. The molecule has 0 saturated carbocycles. The largest absolute Gasteiger partial charge is 0.478 e. The molecule has 5 nitrogen and oxygen atoms in total. The molecular formula is C14H20N2O3. The van der Waals surface area contributed by atoms with Crippen molar-refractivity contribution in [1.82, 2.24) is 0 Å². The van der Waals surface area contributed by atoms with Crippen LogP contribution in [0.2, 0.25) is 0 Å². The molecule has 0 heterocycles. The van der Waals surface area contributed by atoms with Crippen LogP contribution in [0.1, 0.15) is 41.3 Å². The normalized spacial score (nSPS) is 12.0. The number of carboxylic acid groups (broad SMARTS) is 1. The van der Waals surface area contributed by atoms with Crippen LogP contribution in [0.4, 0.5) is 5.69 Å². The van der Waals surface area contributed by atoms with Gasteiger partial charge in [0, 0.05) is 5.69 Å². The first-order valence-electron chi connectivity index (χ1n) is 6.27. The number of carbonyl (C=O) groups is 2. The Hall–Kier alpha value is -1.88. The Morgan fingerprint density at radius 3 is 2.53 bits per heavy atom. The standard InChI is InChI=1S/C14H20N2O3/c1-4-5-12(15)13(17)16-10-6-8(2)9(3)11(7-10)14(18)19/h6-7,12H,4-5,15H2,1-3H3,(H,16,17)(H,18,19)/t12-/m0/s1. The SMILES string of the molecule is CCC[C@H](N)C(=O)Nc1cc(C)c(C)c(C(=O)O)c1. The van der Waals surface area contributed by atoms with E-state index < -0.39 is 12.0 Å². The number of carboxylic acids is 1. The second-order valence-electron chi connectivity index (χ2n) is 4.66. The molecule has 0 aliphatic rings. The maximum atomic E-state index is 11.8. The zero-order valence-electron chi connectivity index (χ0n) is 11.5. The summed E-state index contributed by atoms with van der Waals surface area (Å²) in [4.78, 5) is 22.9. The van der Waals surface area contributed by atoms with Gasteiger partial charge >= 0.3 is 5.97 Å². The van der Waals surface area contributed by atoms with Crippen LogP contribution in [0.3, 0.4) is 0 Å². The lowest BCUT2D eigenvalue weighted by atomic mass is 10.0. The summed E-state index contributed by atoms with van der Waals surface area (Å²) in [6.07, 6.45) is 1.42. The molecule has 1 amide bonds. The van der Waals surface area contributed by atoms with Gasteiger partial charge in [0.2, 0.25) is 5.91 Å². The molecule has 104 valence electrons. The van der Waals surface area contributed by atoms with Gasteiger partial charge in [0.15, 0.2) is 0 Å². The summed E-state index contributed by atoms with van der Waals surface area (Å²) in [5.41, 5.74) is 7.89. The number of amides is 1. The number of carbonyl (C=O) groups excluding carboxylic acids is 1. The average molecular weight is 264 g/mol. The number of aromatic carboxylic acids is 1. The van der Waals surface area contributed by atoms with Gasteiger partial charge in [-0.3, -0.25) is 4.79 Å². The van der Waals surface area contributed by atoms with Crippen LogP contribution >= 0.6 is 0 Å². The molecule has 1 aromatic carbocycles. The predicted octanol–water partition coefficient (Wildman–Crippen LogP) is 2.07. The van der Waals surface area contributed by atoms with Crippen molar-refractivity contribution in [1.29, 1.82) is 0 Å². The summed E-state index contributed by atoms with van der Waals surface area (Å²) < 4.78 is 0. The highest BCUT2D eigenvalue weighted by Gasteiger charge is 2.15. The van der Waals surface area contributed by atoms with Gasteiger partial charge < -0.3 is 16.2 Å². The van der Waals surface area contributed by atoms with E-state index in [4.69, 9.17) is 10.8 Å². The summed E-state index contributed by atoms with van der Waals surface area (Å²) in [5.74, 6) is -1.30. The Labute approximate surface area is 112 Å². The lowest BCUT2D eigenvalue weighted by Gasteiger charge is -2.13. The second kappa shape index (κ2) is 6.33. The minimum Gasteiger partial charge on any atom is -0.478 e. The Morgan fingerprint density at radius 2 is 2.00 bits per heavy atom. The van der Waals surface area contributed by atoms with Gasteiger partial charge in [-0.05, 0) is 43.5 Å².